The molecule has 0 amide bonds. The highest BCUT2D eigenvalue weighted by Gasteiger charge is 2.16. The van der Waals surface area contributed by atoms with Crippen LogP contribution in [0.5, 0.6) is 0 Å². The Morgan fingerprint density at radius 2 is 2.09 bits per heavy atom. The van der Waals surface area contributed by atoms with Crippen LogP contribution in [0.4, 0.5) is 11.5 Å². The lowest BCUT2D eigenvalue weighted by Gasteiger charge is -2.08. The number of anilines is 2. The molecule has 1 aromatic heterocycles. The standard InChI is InChI=1S/C16H16N6O/c17-7-14-8-20-15(9-19-14)21-12-4-1-11(2-5-12)3-6-13-10-23-16(18)22-13/h1-2,4-5,8-9,13H,3,6,10H2,(H2,18,22)(H,20,21)/t13-/m0/s1. The molecule has 0 saturated heterocycles. The van der Waals surface area contributed by atoms with Gasteiger partial charge >= 0.3 is 0 Å². The Bertz CT molecular complexity index is 733. The second-order valence-corrected chi connectivity index (χ2v) is 5.19. The maximum atomic E-state index is 8.70. The van der Waals surface area contributed by atoms with Gasteiger partial charge in [-0.3, -0.25) is 0 Å². The number of hydrogen-bond acceptors (Lipinski definition) is 7. The average Bonchev–Trinajstić information content (AvgIpc) is 3.00. The molecular formula is C16H16N6O. The molecule has 116 valence electrons. The van der Waals surface area contributed by atoms with Gasteiger partial charge < -0.3 is 15.8 Å². The summed E-state index contributed by atoms with van der Waals surface area (Å²) in [5.74, 6) is 0.602. The van der Waals surface area contributed by atoms with E-state index in [0.29, 0.717) is 18.1 Å². The smallest absolute Gasteiger partial charge is 0.282 e. The van der Waals surface area contributed by atoms with Crippen molar-refractivity contribution >= 4 is 17.5 Å². The van der Waals surface area contributed by atoms with E-state index in [0.717, 1.165) is 18.5 Å². The van der Waals surface area contributed by atoms with E-state index in [1.807, 2.05) is 18.2 Å². The number of aliphatic imine (C=N–C) groups is 1. The van der Waals surface area contributed by atoms with Crippen LogP contribution in [0.25, 0.3) is 0 Å². The summed E-state index contributed by atoms with van der Waals surface area (Å²) >= 11 is 0. The molecule has 0 radical (unpaired) electrons. The molecule has 0 unspecified atom stereocenters. The maximum absolute atomic E-state index is 8.70. The van der Waals surface area contributed by atoms with E-state index in [2.05, 4.69) is 32.4 Å². The molecule has 2 heterocycles. The highest BCUT2D eigenvalue weighted by molar-refractivity contribution is 5.73. The third kappa shape index (κ3) is 3.95. The van der Waals surface area contributed by atoms with Crippen LogP contribution in [-0.4, -0.2) is 28.6 Å². The number of aromatic nitrogens is 2. The van der Waals surface area contributed by atoms with Crippen molar-refractivity contribution in [3.8, 4) is 6.07 Å². The summed E-state index contributed by atoms with van der Waals surface area (Å²) in [5, 5.41) is 11.8. The number of ether oxygens (including phenoxy) is 1. The summed E-state index contributed by atoms with van der Waals surface area (Å²) in [6.45, 7) is 0.572. The molecule has 1 aliphatic rings. The van der Waals surface area contributed by atoms with Crippen molar-refractivity contribution in [2.45, 2.75) is 18.9 Å². The number of nitrogens with zero attached hydrogens (tertiary/aromatic N) is 4. The molecule has 1 aromatic carbocycles. The zero-order valence-corrected chi connectivity index (χ0v) is 12.4. The topological polar surface area (TPSA) is 109 Å². The Labute approximate surface area is 133 Å². The second-order valence-electron chi connectivity index (χ2n) is 5.19. The van der Waals surface area contributed by atoms with Crippen molar-refractivity contribution in [3.05, 3.63) is 47.9 Å². The minimum absolute atomic E-state index is 0.154. The largest absolute Gasteiger partial charge is 0.463 e. The Morgan fingerprint density at radius 1 is 1.26 bits per heavy atom. The van der Waals surface area contributed by atoms with Crippen molar-refractivity contribution in [1.29, 1.82) is 5.26 Å². The summed E-state index contributed by atoms with van der Waals surface area (Å²) in [6, 6.07) is 10.5. The number of nitrogens with two attached hydrogens (primary N) is 1. The van der Waals surface area contributed by atoms with E-state index >= 15 is 0 Å². The Morgan fingerprint density at radius 3 is 2.70 bits per heavy atom. The van der Waals surface area contributed by atoms with Crippen molar-refractivity contribution in [1.82, 2.24) is 9.97 Å². The Hall–Kier alpha value is -3.14. The van der Waals surface area contributed by atoms with Crippen LogP contribution in [0.2, 0.25) is 0 Å². The minimum atomic E-state index is 0.154. The number of aryl methyl sites for hydroxylation is 1. The molecular weight excluding hydrogens is 292 g/mol. The molecule has 3 N–H and O–H groups in total. The summed E-state index contributed by atoms with van der Waals surface area (Å²) < 4.78 is 5.14. The SMILES string of the molecule is N#Cc1cnc(Nc2ccc(CC[C@H]3COC(N)=N3)cc2)cn1. The lowest BCUT2D eigenvalue weighted by molar-refractivity contribution is 0.308. The van der Waals surface area contributed by atoms with Crippen molar-refractivity contribution < 1.29 is 4.74 Å². The molecule has 3 rings (SSSR count). The third-order valence-corrected chi connectivity index (χ3v) is 3.49. The first kappa shape index (κ1) is 14.8. The Kier molecular flexibility index (Phi) is 4.34. The molecule has 7 heteroatoms. The summed E-state index contributed by atoms with van der Waals surface area (Å²) in [6.07, 6.45) is 4.80. The summed E-state index contributed by atoms with van der Waals surface area (Å²) in [4.78, 5) is 12.3. The first-order chi connectivity index (χ1) is 11.2. The minimum Gasteiger partial charge on any atom is -0.463 e. The number of nitrogens with one attached hydrogen (secondary N) is 1. The lowest BCUT2D eigenvalue weighted by Crippen LogP contribution is -2.10. The Balaban J connectivity index is 1.55. The van der Waals surface area contributed by atoms with E-state index in [1.165, 1.54) is 18.0 Å². The van der Waals surface area contributed by atoms with E-state index < -0.39 is 0 Å². The average molecular weight is 308 g/mol. The third-order valence-electron chi connectivity index (χ3n) is 3.49. The quantitative estimate of drug-likeness (QED) is 0.870. The van der Waals surface area contributed by atoms with Crippen molar-refractivity contribution in [2.75, 3.05) is 11.9 Å². The van der Waals surface area contributed by atoms with Crippen molar-refractivity contribution in [3.63, 3.8) is 0 Å². The zero-order valence-electron chi connectivity index (χ0n) is 12.4. The van der Waals surface area contributed by atoms with Crippen LogP contribution < -0.4 is 11.1 Å². The molecule has 0 spiro atoms. The van der Waals surface area contributed by atoms with E-state index in [-0.39, 0.29) is 12.1 Å². The van der Waals surface area contributed by atoms with E-state index in [9.17, 15) is 0 Å². The molecule has 7 nitrogen and oxygen atoms in total. The maximum Gasteiger partial charge on any atom is 0.282 e. The van der Waals surface area contributed by atoms with Gasteiger partial charge in [0.1, 0.15) is 18.5 Å². The van der Waals surface area contributed by atoms with Gasteiger partial charge in [0, 0.05) is 5.69 Å². The molecule has 23 heavy (non-hydrogen) atoms. The first-order valence-corrected chi connectivity index (χ1v) is 7.27. The fraction of sp³-hybridized carbons (Fsp3) is 0.250. The lowest BCUT2D eigenvalue weighted by atomic mass is 10.1. The van der Waals surface area contributed by atoms with Gasteiger partial charge in [-0.05, 0) is 30.5 Å². The molecule has 2 aromatic rings. The van der Waals surface area contributed by atoms with Gasteiger partial charge in [-0.1, -0.05) is 12.1 Å². The van der Waals surface area contributed by atoms with Crippen LogP contribution in [0, 0.1) is 11.3 Å². The van der Waals surface area contributed by atoms with Gasteiger partial charge in [-0.25, -0.2) is 15.0 Å². The molecule has 0 saturated carbocycles. The molecule has 0 bridgehead atoms. The molecule has 0 aliphatic carbocycles. The number of rotatable bonds is 5. The number of nitriles is 1. The molecule has 1 atom stereocenters. The fourth-order valence-electron chi connectivity index (χ4n) is 2.27. The van der Waals surface area contributed by atoms with Gasteiger partial charge in [-0.2, -0.15) is 5.26 Å². The number of hydrogen-bond donors (Lipinski definition) is 2. The van der Waals surface area contributed by atoms with Crippen LogP contribution in [0.3, 0.4) is 0 Å². The predicted molar refractivity (Wildman–Crippen MR) is 86.2 cm³/mol. The molecule has 1 aliphatic heterocycles. The normalized spacial score (nSPS) is 16.3. The van der Waals surface area contributed by atoms with Crippen LogP contribution in [0.15, 0.2) is 41.7 Å². The highest BCUT2D eigenvalue weighted by atomic mass is 16.5. The summed E-state index contributed by atoms with van der Waals surface area (Å²) in [7, 11) is 0. The van der Waals surface area contributed by atoms with Gasteiger partial charge in [-0.15, -0.1) is 0 Å². The predicted octanol–water partition coefficient (Wildman–Crippen LogP) is 1.74. The first-order valence-electron chi connectivity index (χ1n) is 7.27. The molecule has 0 fully saturated rings. The van der Waals surface area contributed by atoms with Gasteiger partial charge in [0.15, 0.2) is 5.69 Å². The second kappa shape index (κ2) is 6.75. The number of benzene rings is 1. The summed E-state index contributed by atoms with van der Waals surface area (Å²) in [5.41, 5.74) is 7.93. The monoisotopic (exact) mass is 308 g/mol. The van der Waals surface area contributed by atoms with Gasteiger partial charge in [0.2, 0.25) is 0 Å². The highest BCUT2D eigenvalue weighted by Crippen LogP contribution is 2.17. The van der Waals surface area contributed by atoms with E-state index in [4.69, 9.17) is 15.7 Å². The van der Waals surface area contributed by atoms with Crippen LogP contribution in [-0.2, 0) is 11.2 Å². The number of amidine groups is 1. The van der Waals surface area contributed by atoms with Crippen LogP contribution in [0.1, 0.15) is 17.7 Å². The van der Waals surface area contributed by atoms with Gasteiger partial charge in [0.25, 0.3) is 6.02 Å². The van der Waals surface area contributed by atoms with Gasteiger partial charge in [0.05, 0.1) is 18.4 Å². The zero-order chi connectivity index (χ0) is 16.1. The van der Waals surface area contributed by atoms with E-state index in [1.54, 1.807) is 0 Å². The van der Waals surface area contributed by atoms with Crippen LogP contribution >= 0.6 is 0 Å². The fourth-order valence-corrected chi connectivity index (χ4v) is 2.27. The van der Waals surface area contributed by atoms with Crippen molar-refractivity contribution in [2.24, 2.45) is 10.7 Å².